The number of hydrogen-bond donors (Lipinski definition) is 1. The molecule has 1 N–H and O–H groups in total. The normalized spacial score (nSPS) is 10.1. The predicted octanol–water partition coefficient (Wildman–Crippen LogP) is -0.199. The first-order chi connectivity index (χ1) is 8.54. The summed E-state index contributed by atoms with van der Waals surface area (Å²) in [5, 5.41) is 25.4. The summed E-state index contributed by atoms with van der Waals surface area (Å²) in [5.74, 6) is -0.660. The number of nitrogens with zero attached hydrogens (tertiary/aromatic N) is 5. The Bertz CT molecular complexity index is 455. The van der Waals surface area contributed by atoms with E-state index in [2.05, 4.69) is 10.2 Å². The zero-order valence-electron chi connectivity index (χ0n) is 10.4. The topological polar surface area (TPSA) is 93.3 Å². The fourth-order valence-corrected chi connectivity index (χ4v) is 1.39. The molecule has 1 heterocycles. The zero-order valence-corrected chi connectivity index (χ0v) is 10.4. The van der Waals surface area contributed by atoms with Gasteiger partial charge in [-0.05, 0) is 20.2 Å². The number of aliphatic carboxylic acids is 1. The van der Waals surface area contributed by atoms with Crippen molar-refractivity contribution in [2.24, 2.45) is 0 Å². The Labute approximate surface area is 105 Å². The number of carbonyl (C=O) groups is 1. The maximum absolute atomic E-state index is 10.8. The third-order valence-electron chi connectivity index (χ3n) is 2.26. The number of nitriles is 1. The van der Waals surface area contributed by atoms with Gasteiger partial charge in [0.2, 0.25) is 0 Å². The SMILES string of the molecule is CN(C)CCN(CC(=O)O)c1nnccc1C#N. The number of hydrogen-bond acceptors (Lipinski definition) is 6. The third-order valence-corrected chi connectivity index (χ3v) is 2.26. The third kappa shape index (κ3) is 3.99. The van der Waals surface area contributed by atoms with Gasteiger partial charge in [-0.25, -0.2) is 0 Å². The molecule has 0 atom stereocenters. The molecule has 0 spiro atoms. The molecule has 7 nitrogen and oxygen atoms in total. The molecule has 1 aromatic rings. The van der Waals surface area contributed by atoms with Crippen LogP contribution in [-0.4, -0.2) is 59.9 Å². The zero-order chi connectivity index (χ0) is 13.5. The molecule has 96 valence electrons. The molecule has 0 aliphatic carbocycles. The van der Waals surface area contributed by atoms with Gasteiger partial charge in [-0.2, -0.15) is 10.4 Å². The van der Waals surface area contributed by atoms with Crippen LogP contribution in [0.15, 0.2) is 12.3 Å². The van der Waals surface area contributed by atoms with Crippen LogP contribution in [0.2, 0.25) is 0 Å². The molecule has 0 aliphatic heterocycles. The van der Waals surface area contributed by atoms with E-state index < -0.39 is 5.97 Å². The summed E-state index contributed by atoms with van der Waals surface area (Å²) >= 11 is 0. The number of aromatic nitrogens is 2. The maximum Gasteiger partial charge on any atom is 0.323 e. The average molecular weight is 249 g/mol. The molecule has 0 aliphatic rings. The van der Waals surface area contributed by atoms with E-state index in [-0.39, 0.29) is 6.54 Å². The Hall–Kier alpha value is -2.20. The van der Waals surface area contributed by atoms with Crippen LogP contribution in [0.1, 0.15) is 5.56 Å². The predicted molar refractivity (Wildman–Crippen MR) is 65.1 cm³/mol. The summed E-state index contributed by atoms with van der Waals surface area (Å²) in [7, 11) is 3.78. The molecular formula is C11H15N5O2. The fourth-order valence-electron chi connectivity index (χ4n) is 1.39. The van der Waals surface area contributed by atoms with Crippen LogP contribution < -0.4 is 4.90 Å². The molecule has 1 aromatic heterocycles. The van der Waals surface area contributed by atoms with Gasteiger partial charge in [-0.1, -0.05) is 0 Å². The molecule has 0 fully saturated rings. The van der Waals surface area contributed by atoms with Gasteiger partial charge < -0.3 is 14.9 Å². The van der Waals surface area contributed by atoms with Gasteiger partial charge in [0.05, 0.1) is 11.8 Å². The van der Waals surface area contributed by atoms with Crippen LogP contribution in [0, 0.1) is 11.3 Å². The van der Waals surface area contributed by atoms with Crippen molar-refractivity contribution >= 4 is 11.8 Å². The summed E-state index contributed by atoms with van der Waals surface area (Å²) in [6.07, 6.45) is 1.41. The van der Waals surface area contributed by atoms with Gasteiger partial charge in [0.15, 0.2) is 5.82 Å². The lowest BCUT2D eigenvalue weighted by atomic mass is 10.3. The Balaban J connectivity index is 2.94. The molecule has 0 aromatic carbocycles. The van der Waals surface area contributed by atoms with Crippen molar-refractivity contribution in [1.29, 1.82) is 5.26 Å². The lowest BCUT2D eigenvalue weighted by Crippen LogP contribution is -2.36. The largest absolute Gasteiger partial charge is 0.480 e. The smallest absolute Gasteiger partial charge is 0.323 e. The van der Waals surface area contributed by atoms with E-state index in [9.17, 15) is 4.79 Å². The van der Waals surface area contributed by atoms with Crippen molar-refractivity contribution in [1.82, 2.24) is 15.1 Å². The molecule has 0 amide bonds. The lowest BCUT2D eigenvalue weighted by molar-refractivity contribution is -0.135. The molecule has 0 radical (unpaired) electrons. The second kappa shape index (κ2) is 6.51. The highest BCUT2D eigenvalue weighted by Gasteiger charge is 2.16. The van der Waals surface area contributed by atoms with Crippen LogP contribution in [0.4, 0.5) is 5.82 Å². The van der Waals surface area contributed by atoms with Gasteiger partial charge in [-0.3, -0.25) is 4.79 Å². The average Bonchev–Trinajstić information content (AvgIpc) is 2.33. The van der Waals surface area contributed by atoms with Gasteiger partial charge in [0.1, 0.15) is 12.6 Å². The van der Waals surface area contributed by atoms with Crippen LogP contribution in [0.3, 0.4) is 0 Å². The first kappa shape index (κ1) is 13.9. The molecule has 18 heavy (non-hydrogen) atoms. The Morgan fingerprint density at radius 1 is 1.50 bits per heavy atom. The van der Waals surface area contributed by atoms with Crippen LogP contribution >= 0.6 is 0 Å². The van der Waals surface area contributed by atoms with Gasteiger partial charge in [0, 0.05) is 13.1 Å². The first-order valence-corrected chi connectivity index (χ1v) is 5.38. The molecule has 0 saturated heterocycles. The number of likely N-dealkylation sites (N-methyl/N-ethyl adjacent to an activating group) is 1. The molecule has 7 heteroatoms. The number of carboxylic acids is 1. The summed E-state index contributed by atoms with van der Waals surface area (Å²) in [5.41, 5.74) is 0.324. The molecule has 0 saturated carbocycles. The highest BCUT2D eigenvalue weighted by molar-refractivity contribution is 5.74. The minimum atomic E-state index is -0.969. The highest BCUT2D eigenvalue weighted by Crippen LogP contribution is 2.14. The number of carboxylic acid groups (broad SMARTS) is 1. The maximum atomic E-state index is 10.8. The molecule has 0 unspecified atom stereocenters. The van der Waals surface area contributed by atoms with E-state index in [1.54, 1.807) is 0 Å². The van der Waals surface area contributed by atoms with Crippen LogP contribution in [0.25, 0.3) is 0 Å². The molecule has 0 bridgehead atoms. The lowest BCUT2D eigenvalue weighted by Gasteiger charge is -2.23. The van der Waals surface area contributed by atoms with E-state index in [1.807, 2.05) is 25.1 Å². The first-order valence-electron chi connectivity index (χ1n) is 5.38. The van der Waals surface area contributed by atoms with Crippen molar-refractivity contribution in [3.8, 4) is 6.07 Å². The minimum Gasteiger partial charge on any atom is -0.480 e. The van der Waals surface area contributed by atoms with Crippen molar-refractivity contribution in [2.75, 3.05) is 38.6 Å². The Morgan fingerprint density at radius 3 is 2.78 bits per heavy atom. The van der Waals surface area contributed by atoms with Crippen LogP contribution in [-0.2, 0) is 4.79 Å². The van der Waals surface area contributed by atoms with E-state index in [0.29, 0.717) is 24.5 Å². The van der Waals surface area contributed by atoms with Crippen molar-refractivity contribution in [3.63, 3.8) is 0 Å². The monoisotopic (exact) mass is 249 g/mol. The second-order valence-corrected chi connectivity index (χ2v) is 4.00. The summed E-state index contributed by atoms with van der Waals surface area (Å²) in [6.45, 7) is 0.919. The van der Waals surface area contributed by atoms with Crippen molar-refractivity contribution in [3.05, 3.63) is 17.8 Å². The highest BCUT2D eigenvalue weighted by atomic mass is 16.4. The standard InChI is InChI=1S/C11H15N5O2/c1-15(2)5-6-16(8-10(17)18)11-9(7-12)3-4-13-14-11/h3-4H,5-6,8H2,1-2H3,(H,17,18). The molecule has 1 rings (SSSR count). The van der Waals surface area contributed by atoms with E-state index >= 15 is 0 Å². The number of anilines is 1. The van der Waals surface area contributed by atoms with Gasteiger partial charge in [-0.15, -0.1) is 5.10 Å². The number of rotatable bonds is 6. The van der Waals surface area contributed by atoms with E-state index in [0.717, 1.165) is 0 Å². The molecular weight excluding hydrogens is 234 g/mol. The van der Waals surface area contributed by atoms with E-state index in [4.69, 9.17) is 10.4 Å². The summed E-state index contributed by atoms with van der Waals surface area (Å²) in [4.78, 5) is 14.3. The summed E-state index contributed by atoms with van der Waals surface area (Å²) < 4.78 is 0. The Morgan fingerprint density at radius 2 is 2.22 bits per heavy atom. The minimum absolute atomic E-state index is 0.207. The van der Waals surface area contributed by atoms with Crippen molar-refractivity contribution < 1.29 is 9.90 Å². The van der Waals surface area contributed by atoms with Gasteiger partial charge in [0.25, 0.3) is 0 Å². The van der Waals surface area contributed by atoms with Gasteiger partial charge >= 0.3 is 5.97 Å². The summed E-state index contributed by atoms with van der Waals surface area (Å²) in [6, 6.07) is 3.51. The van der Waals surface area contributed by atoms with E-state index in [1.165, 1.54) is 17.2 Å². The quantitative estimate of drug-likeness (QED) is 0.746. The van der Waals surface area contributed by atoms with Crippen molar-refractivity contribution in [2.45, 2.75) is 0 Å². The fraction of sp³-hybridized carbons (Fsp3) is 0.455. The Kier molecular flexibility index (Phi) is 5.02. The van der Waals surface area contributed by atoms with Crippen LogP contribution in [0.5, 0.6) is 0 Å². The second-order valence-electron chi connectivity index (χ2n) is 4.00.